The largest absolute Gasteiger partial charge is 0.293 e. The number of benzene rings is 1. The molecule has 2 aromatic heterocycles. The van der Waals surface area contributed by atoms with Crippen LogP contribution in [0.25, 0.3) is 0 Å². The van der Waals surface area contributed by atoms with Gasteiger partial charge in [0.2, 0.25) is 11.9 Å². The van der Waals surface area contributed by atoms with Crippen LogP contribution in [0.1, 0.15) is 23.9 Å². The van der Waals surface area contributed by atoms with Gasteiger partial charge in [-0.1, -0.05) is 36.2 Å². The van der Waals surface area contributed by atoms with Crippen LogP contribution in [0.2, 0.25) is 10.0 Å². The zero-order chi connectivity index (χ0) is 20.4. The van der Waals surface area contributed by atoms with Gasteiger partial charge in [0.05, 0.1) is 35.4 Å². The Kier molecular flexibility index (Phi) is 6.00. The molecule has 1 unspecified atom stereocenters. The molecule has 28 heavy (non-hydrogen) atoms. The van der Waals surface area contributed by atoms with Crippen molar-refractivity contribution >= 4 is 35.1 Å². The molecule has 1 aromatic carbocycles. The second kappa shape index (κ2) is 8.28. The van der Waals surface area contributed by atoms with Crippen LogP contribution in [0.15, 0.2) is 24.5 Å². The van der Waals surface area contributed by atoms with E-state index in [0.29, 0.717) is 28.7 Å². The third-order valence-corrected chi connectivity index (χ3v) is 5.21. The summed E-state index contributed by atoms with van der Waals surface area (Å²) in [5, 5.41) is 12.1. The number of amides is 1. The Morgan fingerprint density at radius 3 is 2.68 bits per heavy atom. The lowest BCUT2D eigenvalue weighted by molar-refractivity contribution is -0.119. The first-order valence-electron chi connectivity index (χ1n) is 8.58. The van der Waals surface area contributed by atoms with Crippen LogP contribution >= 0.6 is 23.2 Å². The molecule has 0 bridgehead atoms. The first-order valence-corrected chi connectivity index (χ1v) is 9.34. The third-order valence-electron chi connectivity index (χ3n) is 4.31. The van der Waals surface area contributed by atoms with Gasteiger partial charge in [-0.15, -0.1) is 5.10 Å². The molecule has 0 aliphatic carbocycles. The highest BCUT2D eigenvalue weighted by Crippen LogP contribution is 2.20. The fourth-order valence-corrected chi connectivity index (χ4v) is 3.04. The molecule has 0 fully saturated rings. The average molecular weight is 425 g/mol. The molecule has 1 amide bonds. The minimum absolute atomic E-state index is 0.182. The molecule has 148 valence electrons. The first kappa shape index (κ1) is 20.3. The predicted octanol–water partition coefficient (Wildman–Crippen LogP) is 3.86. The summed E-state index contributed by atoms with van der Waals surface area (Å²) in [7, 11) is 0. The van der Waals surface area contributed by atoms with Crippen molar-refractivity contribution in [3.8, 4) is 0 Å². The van der Waals surface area contributed by atoms with E-state index in [9.17, 15) is 9.18 Å². The lowest BCUT2D eigenvalue weighted by Gasteiger charge is -2.12. The van der Waals surface area contributed by atoms with Crippen LogP contribution < -0.4 is 5.32 Å². The van der Waals surface area contributed by atoms with Crippen molar-refractivity contribution < 1.29 is 9.18 Å². The maximum atomic E-state index is 13.1. The SMILES string of the molecule is Cc1nn(CC(C)C(=O)Nc2ncn(Cc3ccc(F)cc3Cl)n2)c(C)c1Cl. The molecular formula is C18H19Cl2FN6O. The van der Waals surface area contributed by atoms with E-state index in [-0.39, 0.29) is 17.8 Å². The van der Waals surface area contributed by atoms with E-state index in [1.54, 1.807) is 17.7 Å². The Balaban J connectivity index is 1.62. The molecule has 0 aliphatic rings. The Morgan fingerprint density at radius 2 is 2.04 bits per heavy atom. The Morgan fingerprint density at radius 1 is 1.29 bits per heavy atom. The number of aryl methyl sites for hydroxylation is 1. The lowest BCUT2D eigenvalue weighted by Crippen LogP contribution is -2.26. The number of hydrogen-bond donors (Lipinski definition) is 1. The van der Waals surface area contributed by atoms with Gasteiger partial charge < -0.3 is 0 Å². The third kappa shape index (κ3) is 4.51. The number of carbonyl (C=O) groups excluding carboxylic acids is 1. The smallest absolute Gasteiger partial charge is 0.248 e. The van der Waals surface area contributed by atoms with Gasteiger partial charge in [0.1, 0.15) is 12.1 Å². The number of hydrogen-bond acceptors (Lipinski definition) is 4. The second-order valence-electron chi connectivity index (χ2n) is 6.56. The van der Waals surface area contributed by atoms with Crippen LogP contribution in [-0.4, -0.2) is 30.5 Å². The quantitative estimate of drug-likeness (QED) is 0.651. The van der Waals surface area contributed by atoms with E-state index in [1.165, 1.54) is 23.1 Å². The number of halogens is 3. The van der Waals surface area contributed by atoms with Crippen molar-refractivity contribution in [2.75, 3.05) is 5.32 Å². The van der Waals surface area contributed by atoms with Crippen LogP contribution in [0, 0.1) is 25.6 Å². The summed E-state index contributed by atoms with van der Waals surface area (Å²) in [6.45, 7) is 6.16. The molecule has 2 heterocycles. The molecule has 1 N–H and O–H groups in total. The van der Waals surface area contributed by atoms with Crippen molar-refractivity contribution in [2.45, 2.75) is 33.9 Å². The molecule has 0 saturated heterocycles. The molecule has 0 saturated carbocycles. The number of aromatic nitrogens is 5. The first-order chi connectivity index (χ1) is 13.2. The zero-order valence-corrected chi connectivity index (χ0v) is 17.1. The highest BCUT2D eigenvalue weighted by molar-refractivity contribution is 6.32. The van der Waals surface area contributed by atoms with Crippen molar-refractivity contribution in [1.82, 2.24) is 24.5 Å². The summed E-state index contributed by atoms with van der Waals surface area (Å²) in [5.74, 6) is -0.825. The molecule has 1 atom stereocenters. The number of anilines is 1. The number of nitrogens with zero attached hydrogens (tertiary/aromatic N) is 5. The number of nitrogens with one attached hydrogen (secondary N) is 1. The van der Waals surface area contributed by atoms with Gasteiger partial charge in [-0.3, -0.25) is 14.8 Å². The minimum Gasteiger partial charge on any atom is -0.293 e. The van der Waals surface area contributed by atoms with Crippen LogP contribution in [0.5, 0.6) is 0 Å². The van der Waals surface area contributed by atoms with Gasteiger partial charge in [-0.05, 0) is 31.5 Å². The Bertz CT molecular complexity index is 1020. The molecule has 3 rings (SSSR count). The highest BCUT2D eigenvalue weighted by Gasteiger charge is 2.19. The van der Waals surface area contributed by atoms with Gasteiger partial charge in [0, 0.05) is 5.02 Å². The van der Waals surface area contributed by atoms with E-state index >= 15 is 0 Å². The Labute approximate surface area is 171 Å². The maximum Gasteiger partial charge on any atom is 0.248 e. The summed E-state index contributed by atoms with van der Waals surface area (Å²) in [5.41, 5.74) is 2.24. The summed E-state index contributed by atoms with van der Waals surface area (Å²) >= 11 is 12.2. The normalized spacial score (nSPS) is 12.2. The maximum absolute atomic E-state index is 13.1. The highest BCUT2D eigenvalue weighted by atomic mass is 35.5. The van der Waals surface area contributed by atoms with Crippen molar-refractivity contribution in [2.24, 2.45) is 5.92 Å². The Hall–Kier alpha value is -2.45. The van der Waals surface area contributed by atoms with E-state index in [1.807, 2.05) is 13.8 Å². The van der Waals surface area contributed by atoms with Gasteiger partial charge in [0.25, 0.3) is 0 Å². The number of carbonyl (C=O) groups is 1. The second-order valence-corrected chi connectivity index (χ2v) is 7.34. The average Bonchev–Trinajstić information content (AvgIpc) is 3.17. The van der Waals surface area contributed by atoms with Gasteiger partial charge in [-0.25, -0.2) is 14.1 Å². The molecule has 3 aromatic rings. The van der Waals surface area contributed by atoms with Crippen molar-refractivity contribution in [1.29, 1.82) is 0 Å². The fraction of sp³-hybridized carbons (Fsp3) is 0.333. The molecular weight excluding hydrogens is 406 g/mol. The summed E-state index contributed by atoms with van der Waals surface area (Å²) in [4.78, 5) is 16.5. The van der Waals surface area contributed by atoms with E-state index < -0.39 is 5.82 Å². The molecule has 7 nitrogen and oxygen atoms in total. The molecule has 0 aliphatic heterocycles. The standard InChI is InChI=1S/C18H19Cl2FN6O/c1-10(7-27-12(3)16(20)11(2)24-27)17(28)23-18-22-9-26(25-18)8-13-4-5-14(21)6-15(13)19/h4-6,9-10H,7-8H2,1-3H3,(H,23,25,28). The summed E-state index contributed by atoms with van der Waals surface area (Å²) in [6.07, 6.45) is 1.47. The summed E-state index contributed by atoms with van der Waals surface area (Å²) < 4.78 is 16.4. The van der Waals surface area contributed by atoms with E-state index in [0.717, 1.165) is 11.4 Å². The lowest BCUT2D eigenvalue weighted by atomic mass is 10.1. The van der Waals surface area contributed by atoms with Crippen molar-refractivity contribution in [3.05, 3.63) is 57.3 Å². The van der Waals surface area contributed by atoms with Crippen LogP contribution in [0.4, 0.5) is 10.3 Å². The van der Waals surface area contributed by atoms with E-state index in [4.69, 9.17) is 23.2 Å². The minimum atomic E-state index is -0.404. The molecule has 0 spiro atoms. The zero-order valence-electron chi connectivity index (χ0n) is 15.6. The van der Waals surface area contributed by atoms with Gasteiger partial charge in [-0.2, -0.15) is 5.10 Å². The van der Waals surface area contributed by atoms with Crippen LogP contribution in [-0.2, 0) is 17.9 Å². The van der Waals surface area contributed by atoms with Crippen molar-refractivity contribution in [3.63, 3.8) is 0 Å². The summed E-state index contributed by atoms with van der Waals surface area (Å²) in [6, 6.07) is 4.15. The van der Waals surface area contributed by atoms with E-state index in [2.05, 4.69) is 20.5 Å². The van der Waals surface area contributed by atoms with Gasteiger partial charge in [0.15, 0.2) is 0 Å². The predicted molar refractivity (Wildman–Crippen MR) is 105 cm³/mol. The molecule has 0 radical (unpaired) electrons. The van der Waals surface area contributed by atoms with Gasteiger partial charge >= 0.3 is 0 Å². The monoisotopic (exact) mass is 424 g/mol. The fourth-order valence-electron chi connectivity index (χ4n) is 2.68. The molecule has 10 heteroatoms. The van der Waals surface area contributed by atoms with Crippen LogP contribution in [0.3, 0.4) is 0 Å². The topological polar surface area (TPSA) is 77.6 Å². The number of rotatable bonds is 6.